The zero-order valence-electron chi connectivity index (χ0n) is 8.42. The zero-order valence-corrected chi connectivity index (χ0v) is 9.24. The summed E-state index contributed by atoms with van der Waals surface area (Å²) >= 11 is 0. The van der Waals surface area contributed by atoms with Gasteiger partial charge in [0.05, 0.1) is 0 Å². The van der Waals surface area contributed by atoms with E-state index in [9.17, 15) is 13.2 Å². The first-order chi connectivity index (χ1) is 7.07. The summed E-state index contributed by atoms with van der Waals surface area (Å²) in [7, 11) is 0. The molecule has 0 amide bonds. The molecule has 1 atom stereocenters. The Morgan fingerprint density at radius 2 is 1.81 bits per heavy atom. The van der Waals surface area contributed by atoms with E-state index >= 15 is 0 Å². The van der Waals surface area contributed by atoms with Gasteiger partial charge in [-0.25, -0.2) is 13.2 Å². The van der Waals surface area contributed by atoms with Crippen LogP contribution in [0.4, 0.5) is 13.2 Å². The predicted octanol–water partition coefficient (Wildman–Crippen LogP) is 2.30. The van der Waals surface area contributed by atoms with Crippen molar-refractivity contribution >= 4 is 12.4 Å². The molecule has 3 N–H and O–H groups in total. The maximum absolute atomic E-state index is 13.2. The number of nitrogens with two attached hydrogens (primary N) is 1. The van der Waals surface area contributed by atoms with Crippen molar-refractivity contribution in [3.05, 3.63) is 35.1 Å². The third-order valence-electron chi connectivity index (χ3n) is 2.14. The third kappa shape index (κ3) is 3.37. The van der Waals surface area contributed by atoms with Crippen LogP contribution in [0.25, 0.3) is 0 Å². The largest absolute Gasteiger partial charge is 0.396 e. The first-order valence-electron chi connectivity index (χ1n) is 4.57. The van der Waals surface area contributed by atoms with Gasteiger partial charge in [-0.1, -0.05) is 6.07 Å². The summed E-state index contributed by atoms with van der Waals surface area (Å²) in [4.78, 5) is 0. The normalized spacial score (nSPS) is 12.1. The van der Waals surface area contributed by atoms with Crippen LogP contribution in [0, 0.1) is 17.5 Å². The fourth-order valence-corrected chi connectivity index (χ4v) is 1.29. The SMILES string of the molecule is Cl.N[C@@H](CCCO)c1ccc(F)c(F)c1F. The first-order valence-corrected chi connectivity index (χ1v) is 4.57. The molecule has 1 aromatic rings. The number of aliphatic hydroxyl groups excluding tert-OH is 1. The molecular formula is C10H13ClF3NO. The molecule has 6 heteroatoms. The zero-order chi connectivity index (χ0) is 11.4. The van der Waals surface area contributed by atoms with Crippen LogP contribution in [-0.2, 0) is 0 Å². The van der Waals surface area contributed by atoms with Gasteiger partial charge < -0.3 is 10.8 Å². The van der Waals surface area contributed by atoms with Gasteiger partial charge in [0.25, 0.3) is 0 Å². The van der Waals surface area contributed by atoms with E-state index in [1.54, 1.807) is 0 Å². The molecule has 0 heterocycles. The Morgan fingerprint density at radius 1 is 1.19 bits per heavy atom. The lowest BCUT2D eigenvalue weighted by Crippen LogP contribution is -2.14. The average molecular weight is 256 g/mol. The molecule has 2 nitrogen and oxygen atoms in total. The summed E-state index contributed by atoms with van der Waals surface area (Å²) in [6.45, 7) is -0.0704. The van der Waals surface area contributed by atoms with Crippen LogP contribution in [0.3, 0.4) is 0 Å². The monoisotopic (exact) mass is 255 g/mol. The van der Waals surface area contributed by atoms with Gasteiger partial charge in [-0.2, -0.15) is 0 Å². The van der Waals surface area contributed by atoms with Gasteiger partial charge in [0.1, 0.15) is 0 Å². The number of aliphatic hydroxyl groups is 1. The second-order valence-electron chi connectivity index (χ2n) is 3.24. The number of hydrogen-bond donors (Lipinski definition) is 2. The topological polar surface area (TPSA) is 46.2 Å². The minimum Gasteiger partial charge on any atom is -0.396 e. The summed E-state index contributed by atoms with van der Waals surface area (Å²) in [6, 6.07) is 1.23. The fraction of sp³-hybridized carbons (Fsp3) is 0.400. The lowest BCUT2D eigenvalue weighted by molar-refractivity contribution is 0.279. The molecule has 16 heavy (non-hydrogen) atoms. The minimum atomic E-state index is -1.51. The molecule has 0 aliphatic rings. The van der Waals surface area contributed by atoms with E-state index in [4.69, 9.17) is 10.8 Å². The van der Waals surface area contributed by atoms with Crippen LogP contribution in [0.5, 0.6) is 0 Å². The quantitative estimate of drug-likeness (QED) is 0.811. The average Bonchev–Trinajstić information content (AvgIpc) is 2.23. The Balaban J connectivity index is 0.00000225. The van der Waals surface area contributed by atoms with Crippen molar-refractivity contribution in [2.45, 2.75) is 18.9 Å². The van der Waals surface area contributed by atoms with Gasteiger partial charge in [0.15, 0.2) is 17.5 Å². The summed E-state index contributed by atoms with van der Waals surface area (Å²) < 4.78 is 38.6. The van der Waals surface area contributed by atoms with Crippen molar-refractivity contribution in [3.8, 4) is 0 Å². The van der Waals surface area contributed by atoms with Crippen molar-refractivity contribution in [1.29, 1.82) is 0 Å². The van der Waals surface area contributed by atoms with Gasteiger partial charge in [0.2, 0.25) is 0 Å². The van der Waals surface area contributed by atoms with Gasteiger partial charge in [-0.3, -0.25) is 0 Å². The first kappa shape index (κ1) is 15.2. The second kappa shape index (κ2) is 6.73. The van der Waals surface area contributed by atoms with E-state index in [2.05, 4.69) is 0 Å². The van der Waals surface area contributed by atoms with E-state index in [0.29, 0.717) is 12.8 Å². The maximum Gasteiger partial charge on any atom is 0.194 e. The third-order valence-corrected chi connectivity index (χ3v) is 2.14. The highest BCUT2D eigenvalue weighted by Gasteiger charge is 2.17. The summed E-state index contributed by atoms with van der Waals surface area (Å²) in [6.07, 6.45) is 0.706. The van der Waals surface area contributed by atoms with Crippen molar-refractivity contribution in [1.82, 2.24) is 0 Å². The van der Waals surface area contributed by atoms with E-state index in [1.165, 1.54) is 0 Å². The van der Waals surface area contributed by atoms with Gasteiger partial charge >= 0.3 is 0 Å². The summed E-state index contributed by atoms with van der Waals surface area (Å²) in [5, 5.41) is 8.55. The van der Waals surface area contributed by atoms with Crippen LogP contribution in [0.1, 0.15) is 24.4 Å². The predicted molar refractivity (Wildman–Crippen MR) is 56.8 cm³/mol. The van der Waals surface area contributed by atoms with Crippen LogP contribution >= 0.6 is 12.4 Å². The van der Waals surface area contributed by atoms with Gasteiger partial charge in [0, 0.05) is 18.2 Å². The molecule has 0 saturated heterocycles. The molecule has 0 aromatic heterocycles. The molecule has 0 fully saturated rings. The fourth-order valence-electron chi connectivity index (χ4n) is 1.29. The molecule has 0 aliphatic heterocycles. The Bertz CT molecular complexity index is 349. The molecule has 0 unspecified atom stereocenters. The highest BCUT2D eigenvalue weighted by molar-refractivity contribution is 5.85. The lowest BCUT2D eigenvalue weighted by Gasteiger charge is -2.12. The van der Waals surface area contributed by atoms with Crippen molar-refractivity contribution < 1.29 is 18.3 Å². The Hall–Kier alpha value is -0.780. The van der Waals surface area contributed by atoms with Crippen molar-refractivity contribution in [2.75, 3.05) is 6.61 Å². The molecule has 0 saturated carbocycles. The van der Waals surface area contributed by atoms with Crippen LogP contribution in [0.2, 0.25) is 0 Å². The number of halogens is 4. The minimum absolute atomic E-state index is 0. The smallest absolute Gasteiger partial charge is 0.194 e. The van der Waals surface area contributed by atoms with E-state index in [1.807, 2.05) is 0 Å². The Labute approximate surface area is 97.7 Å². The maximum atomic E-state index is 13.2. The summed E-state index contributed by atoms with van der Waals surface area (Å²) in [5.74, 6) is -3.99. The molecule has 0 radical (unpaired) electrons. The highest BCUT2D eigenvalue weighted by Crippen LogP contribution is 2.22. The highest BCUT2D eigenvalue weighted by atomic mass is 35.5. The number of hydrogen-bond acceptors (Lipinski definition) is 2. The molecule has 1 aromatic carbocycles. The molecular weight excluding hydrogens is 243 g/mol. The Kier molecular flexibility index (Phi) is 6.40. The van der Waals surface area contributed by atoms with Crippen LogP contribution < -0.4 is 5.73 Å². The number of rotatable bonds is 4. The van der Waals surface area contributed by atoms with Crippen LogP contribution in [0.15, 0.2) is 12.1 Å². The second-order valence-corrected chi connectivity index (χ2v) is 3.24. The summed E-state index contributed by atoms with van der Waals surface area (Å²) in [5.41, 5.74) is 5.49. The van der Waals surface area contributed by atoms with Crippen molar-refractivity contribution in [2.24, 2.45) is 5.73 Å². The van der Waals surface area contributed by atoms with E-state index in [-0.39, 0.29) is 24.6 Å². The van der Waals surface area contributed by atoms with Crippen LogP contribution in [-0.4, -0.2) is 11.7 Å². The van der Waals surface area contributed by atoms with E-state index < -0.39 is 23.5 Å². The molecule has 1 rings (SSSR count). The van der Waals surface area contributed by atoms with E-state index in [0.717, 1.165) is 12.1 Å². The standard InChI is InChI=1S/C10H12F3NO.ClH/c11-7-4-3-6(9(12)10(7)13)8(14)2-1-5-15;/h3-4,8,15H,1-2,5,14H2;1H/t8-;/m0./s1. The molecule has 0 aliphatic carbocycles. The lowest BCUT2D eigenvalue weighted by atomic mass is 10.0. The molecule has 92 valence electrons. The van der Waals surface area contributed by atoms with Crippen molar-refractivity contribution in [3.63, 3.8) is 0 Å². The molecule has 0 bridgehead atoms. The van der Waals surface area contributed by atoms with Gasteiger partial charge in [-0.15, -0.1) is 12.4 Å². The Morgan fingerprint density at radius 3 is 2.38 bits per heavy atom. The number of benzene rings is 1. The molecule has 0 spiro atoms. The van der Waals surface area contributed by atoms with Gasteiger partial charge in [-0.05, 0) is 18.9 Å².